The largest absolute Gasteiger partial charge is 0.450 e. The molecular formula is C13H10ClNO3. The molecule has 0 bridgehead atoms. The summed E-state index contributed by atoms with van der Waals surface area (Å²) in [6.07, 6.45) is 0. The van der Waals surface area contributed by atoms with Gasteiger partial charge in [0.1, 0.15) is 5.75 Å². The molecule has 0 aromatic heterocycles. The van der Waals surface area contributed by atoms with Gasteiger partial charge in [-0.15, -0.1) is 11.6 Å². The molecular weight excluding hydrogens is 254 g/mol. The number of alkyl halides is 1. The smallest absolute Gasteiger partial charge is 0.311 e. The topological polar surface area (TPSA) is 52.4 Å². The molecule has 18 heavy (non-hydrogen) atoms. The summed E-state index contributed by atoms with van der Waals surface area (Å²) in [7, 11) is 0. The normalized spacial score (nSPS) is 10.1. The summed E-state index contributed by atoms with van der Waals surface area (Å²) >= 11 is 5.68. The van der Waals surface area contributed by atoms with Gasteiger partial charge in [-0.25, -0.2) is 0 Å². The van der Waals surface area contributed by atoms with Crippen LogP contribution in [0.2, 0.25) is 0 Å². The van der Waals surface area contributed by atoms with Crippen LogP contribution in [0.1, 0.15) is 5.56 Å². The maximum atomic E-state index is 10.8. The first kappa shape index (κ1) is 12.4. The van der Waals surface area contributed by atoms with Crippen LogP contribution in [0.15, 0.2) is 48.5 Å². The number of nitro groups is 1. The Labute approximate surface area is 109 Å². The highest BCUT2D eigenvalue weighted by Crippen LogP contribution is 2.30. The van der Waals surface area contributed by atoms with E-state index in [0.29, 0.717) is 11.6 Å². The van der Waals surface area contributed by atoms with Crippen LogP contribution in [0.4, 0.5) is 5.69 Å². The van der Waals surface area contributed by atoms with Crippen molar-refractivity contribution in [2.24, 2.45) is 0 Å². The van der Waals surface area contributed by atoms with Crippen molar-refractivity contribution in [1.82, 2.24) is 0 Å². The molecule has 5 heteroatoms. The molecule has 0 fully saturated rings. The Morgan fingerprint density at radius 1 is 1.11 bits per heavy atom. The molecule has 92 valence electrons. The van der Waals surface area contributed by atoms with E-state index >= 15 is 0 Å². The number of halogens is 1. The first-order valence-corrected chi connectivity index (χ1v) is 5.80. The number of ether oxygens (including phenoxy) is 1. The summed E-state index contributed by atoms with van der Waals surface area (Å²) in [6, 6.07) is 13.4. The van der Waals surface area contributed by atoms with Crippen molar-refractivity contribution in [3.05, 3.63) is 64.2 Å². The zero-order valence-corrected chi connectivity index (χ0v) is 10.1. The second-order valence-electron chi connectivity index (χ2n) is 3.60. The predicted octanol–water partition coefficient (Wildman–Crippen LogP) is 4.13. The van der Waals surface area contributed by atoms with Gasteiger partial charge in [0, 0.05) is 11.9 Å². The van der Waals surface area contributed by atoms with E-state index in [1.165, 1.54) is 6.07 Å². The molecule has 0 aliphatic carbocycles. The Morgan fingerprint density at radius 2 is 1.78 bits per heavy atom. The highest BCUT2D eigenvalue weighted by Gasteiger charge is 2.14. The van der Waals surface area contributed by atoms with E-state index < -0.39 is 4.92 Å². The van der Waals surface area contributed by atoms with Crippen LogP contribution in [-0.2, 0) is 5.88 Å². The second kappa shape index (κ2) is 5.51. The molecule has 0 spiro atoms. The minimum absolute atomic E-state index is 0.0566. The highest BCUT2D eigenvalue weighted by atomic mass is 35.5. The number of benzene rings is 2. The van der Waals surface area contributed by atoms with Gasteiger partial charge in [-0.2, -0.15) is 0 Å². The Kier molecular flexibility index (Phi) is 3.79. The van der Waals surface area contributed by atoms with Gasteiger partial charge in [-0.3, -0.25) is 10.1 Å². The van der Waals surface area contributed by atoms with E-state index in [4.69, 9.17) is 16.3 Å². The van der Waals surface area contributed by atoms with Gasteiger partial charge < -0.3 is 4.74 Å². The lowest BCUT2D eigenvalue weighted by Gasteiger charge is -2.06. The summed E-state index contributed by atoms with van der Waals surface area (Å²) in [4.78, 5) is 10.4. The number of hydrogen-bond donors (Lipinski definition) is 0. The van der Waals surface area contributed by atoms with E-state index in [0.717, 1.165) is 5.56 Å². The van der Waals surface area contributed by atoms with E-state index in [9.17, 15) is 10.1 Å². The third kappa shape index (κ3) is 2.78. The standard InChI is InChI=1S/C13H10ClNO3/c14-9-10-5-7-11(8-6-10)18-13-4-2-1-3-12(13)15(16)17/h1-8H,9H2. The lowest BCUT2D eigenvalue weighted by Crippen LogP contribution is -1.93. The van der Waals surface area contributed by atoms with Gasteiger partial charge in [0.05, 0.1) is 4.92 Å². The van der Waals surface area contributed by atoms with Gasteiger partial charge in [-0.05, 0) is 23.8 Å². The molecule has 0 aliphatic heterocycles. The number of nitro benzene ring substituents is 1. The van der Waals surface area contributed by atoms with Crippen molar-refractivity contribution in [2.75, 3.05) is 0 Å². The van der Waals surface area contributed by atoms with Gasteiger partial charge >= 0.3 is 5.69 Å². The van der Waals surface area contributed by atoms with E-state index in [1.807, 2.05) is 12.1 Å². The van der Waals surface area contributed by atoms with Crippen LogP contribution in [0.25, 0.3) is 0 Å². The molecule has 0 heterocycles. The zero-order valence-electron chi connectivity index (χ0n) is 9.38. The third-order valence-corrected chi connectivity index (χ3v) is 2.68. The molecule has 0 radical (unpaired) electrons. The van der Waals surface area contributed by atoms with Crippen LogP contribution >= 0.6 is 11.6 Å². The Morgan fingerprint density at radius 3 is 2.39 bits per heavy atom. The fraction of sp³-hybridized carbons (Fsp3) is 0.0769. The van der Waals surface area contributed by atoms with Gasteiger partial charge in [0.2, 0.25) is 5.75 Å². The number of nitrogens with zero attached hydrogens (tertiary/aromatic N) is 1. The molecule has 0 N–H and O–H groups in total. The molecule has 2 aromatic carbocycles. The molecule has 0 atom stereocenters. The van der Waals surface area contributed by atoms with Crippen molar-refractivity contribution in [1.29, 1.82) is 0 Å². The van der Waals surface area contributed by atoms with E-state index in [-0.39, 0.29) is 11.4 Å². The second-order valence-corrected chi connectivity index (χ2v) is 3.87. The number of hydrogen-bond acceptors (Lipinski definition) is 3. The predicted molar refractivity (Wildman–Crippen MR) is 69.2 cm³/mol. The molecule has 0 saturated carbocycles. The molecule has 0 amide bonds. The molecule has 0 aliphatic rings. The lowest BCUT2D eigenvalue weighted by molar-refractivity contribution is -0.385. The number of rotatable bonds is 4. The van der Waals surface area contributed by atoms with Crippen LogP contribution in [0.5, 0.6) is 11.5 Å². The molecule has 2 rings (SSSR count). The van der Waals surface area contributed by atoms with Gasteiger partial charge in [0.15, 0.2) is 0 Å². The average molecular weight is 264 g/mol. The summed E-state index contributed by atoms with van der Waals surface area (Å²) in [5.74, 6) is 1.19. The maximum absolute atomic E-state index is 10.8. The van der Waals surface area contributed by atoms with Gasteiger partial charge in [0.25, 0.3) is 0 Å². The summed E-state index contributed by atoms with van der Waals surface area (Å²) in [6.45, 7) is 0. The summed E-state index contributed by atoms with van der Waals surface area (Å²) in [5, 5.41) is 10.8. The fourth-order valence-electron chi connectivity index (χ4n) is 1.47. The lowest BCUT2D eigenvalue weighted by atomic mass is 10.2. The minimum Gasteiger partial charge on any atom is -0.450 e. The Balaban J connectivity index is 2.25. The van der Waals surface area contributed by atoms with Crippen molar-refractivity contribution in [2.45, 2.75) is 5.88 Å². The quantitative estimate of drug-likeness (QED) is 0.473. The fourth-order valence-corrected chi connectivity index (χ4v) is 1.65. The minimum atomic E-state index is -0.470. The molecule has 4 nitrogen and oxygen atoms in total. The van der Waals surface area contributed by atoms with Crippen molar-refractivity contribution in [3.8, 4) is 11.5 Å². The highest BCUT2D eigenvalue weighted by molar-refractivity contribution is 6.17. The third-order valence-electron chi connectivity index (χ3n) is 2.37. The van der Waals surface area contributed by atoms with Crippen molar-refractivity contribution >= 4 is 17.3 Å². The van der Waals surface area contributed by atoms with Gasteiger partial charge in [-0.1, -0.05) is 24.3 Å². The van der Waals surface area contributed by atoms with Crippen molar-refractivity contribution < 1.29 is 9.66 Å². The maximum Gasteiger partial charge on any atom is 0.311 e. The zero-order chi connectivity index (χ0) is 13.0. The first-order valence-electron chi connectivity index (χ1n) is 5.27. The van der Waals surface area contributed by atoms with Crippen molar-refractivity contribution in [3.63, 3.8) is 0 Å². The van der Waals surface area contributed by atoms with Crippen LogP contribution in [0.3, 0.4) is 0 Å². The number of para-hydroxylation sites is 2. The van der Waals surface area contributed by atoms with E-state index in [1.54, 1.807) is 30.3 Å². The monoisotopic (exact) mass is 263 g/mol. The molecule has 2 aromatic rings. The summed E-state index contributed by atoms with van der Waals surface area (Å²) < 4.78 is 5.49. The Bertz CT molecular complexity index is 554. The van der Waals surface area contributed by atoms with Crippen LogP contribution in [0, 0.1) is 10.1 Å². The van der Waals surface area contributed by atoms with Crippen LogP contribution in [-0.4, -0.2) is 4.92 Å². The summed E-state index contributed by atoms with van der Waals surface area (Å²) in [5.41, 5.74) is 0.908. The van der Waals surface area contributed by atoms with E-state index in [2.05, 4.69) is 0 Å². The molecule has 0 saturated heterocycles. The molecule has 0 unspecified atom stereocenters. The average Bonchev–Trinajstić information content (AvgIpc) is 2.40. The van der Waals surface area contributed by atoms with Crippen LogP contribution < -0.4 is 4.74 Å². The first-order chi connectivity index (χ1) is 8.70. The Hall–Kier alpha value is -2.07. The SMILES string of the molecule is O=[N+]([O-])c1ccccc1Oc1ccc(CCl)cc1.